The number of nitrogens with zero attached hydrogens (tertiary/aromatic N) is 2. The molecule has 2 aromatic rings. The fourth-order valence-electron chi connectivity index (χ4n) is 4.02. The minimum Gasteiger partial charge on any atom is -0.465 e. The van der Waals surface area contributed by atoms with Gasteiger partial charge in [-0.2, -0.15) is 4.98 Å². The van der Waals surface area contributed by atoms with Crippen LogP contribution in [0.4, 0.5) is 5.69 Å². The number of hydrogen-bond donors (Lipinski definition) is 1. The molecule has 164 valence electrons. The Kier molecular flexibility index (Phi) is 6.72. The summed E-state index contributed by atoms with van der Waals surface area (Å²) in [6, 6.07) is 6.49. The van der Waals surface area contributed by atoms with E-state index in [2.05, 4.69) is 15.0 Å². The van der Waals surface area contributed by atoms with Crippen LogP contribution < -0.4 is 11.0 Å². The molecule has 1 N–H and O–H groups in total. The van der Waals surface area contributed by atoms with Crippen molar-refractivity contribution in [1.82, 2.24) is 9.55 Å². The van der Waals surface area contributed by atoms with Gasteiger partial charge in [0.15, 0.2) is 0 Å². The van der Waals surface area contributed by atoms with E-state index in [1.807, 2.05) is 0 Å². The number of amides is 1. The molecular weight excluding hydrogens is 418 g/mol. The summed E-state index contributed by atoms with van der Waals surface area (Å²) in [6.07, 6.45) is 4.79. The standard InChI is InChI=1S/C22H25N3O5S/c1-29-21(27)14-7-9-15(10-8-14)23-19(26)13-31-20-17-5-2-6-18(17)25(22(28)24-20)12-16-4-3-11-30-16/h7-10,16H,2-6,11-13H2,1H3,(H,23,26). The molecule has 0 bridgehead atoms. The van der Waals surface area contributed by atoms with E-state index in [9.17, 15) is 14.4 Å². The van der Waals surface area contributed by atoms with E-state index in [4.69, 9.17) is 4.74 Å². The zero-order valence-corrected chi connectivity index (χ0v) is 18.2. The van der Waals surface area contributed by atoms with Gasteiger partial charge < -0.3 is 14.8 Å². The minimum absolute atomic E-state index is 0.0825. The molecule has 1 atom stereocenters. The fraction of sp³-hybridized carbons (Fsp3) is 0.455. The third kappa shape index (κ3) is 4.99. The van der Waals surface area contributed by atoms with Gasteiger partial charge in [-0.15, -0.1) is 0 Å². The molecule has 1 saturated heterocycles. The SMILES string of the molecule is COC(=O)c1ccc(NC(=O)CSc2nc(=O)n(CC3CCCO3)c3c2CCC3)cc1. The number of methoxy groups -OCH3 is 1. The maximum Gasteiger partial charge on any atom is 0.348 e. The van der Waals surface area contributed by atoms with Gasteiger partial charge in [0.2, 0.25) is 5.91 Å². The van der Waals surface area contributed by atoms with Crippen molar-refractivity contribution in [3.05, 3.63) is 51.6 Å². The number of esters is 1. The van der Waals surface area contributed by atoms with E-state index in [0.717, 1.165) is 50.0 Å². The third-order valence-corrected chi connectivity index (χ3v) is 6.56. The number of carbonyl (C=O) groups excluding carboxylic acids is 2. The van der Waals surface area contributed by atoms with Crippen LogP contribution in [0.3, 0.4) is 0 Å². The monoisotopic (exact) mass is 443 g/mol. The molecule has 2 aliphatic rings. The molecule has 2 heterocycles. The molecule has 1 aliphatic heterocycles. The molecule has 1 fully saturated rings. The van der Waals surface area contributed by atoms with Gasteiger partial charge in [0.05, 0.1) is 31.1 Å². The molecule has 1 aliphatic carbocycles. The Balaban J connectivity index is 1.41. The third-order valence-electron chi connectivity index (χ3n) is 5.54. The number of benzene rings is 1. The largest absolute Gasteiger partial charge is 0.465 e. The smallest absolute Gasteiger partial charge is 0.348 e. The molecule has 1 amide bonds. The number of aromatic nitrogens is 2. The summed E-state index contributed by atoms with van der Waals surface area (Å²) < 4.78 is 12.1. The highest BCUT2D eigenvalue weighted by Crippen LogP contribution is 2.30. The van der Waals surface area contributed by atoms with Gasteiger partial charge in [0, 0.05) is 23.6 Å². The van der Waals surface area contributed by atoms with Crippen molar-refractivity contribution in [1.29, 1.82) is 0 Å². The van der Waals surface area contributed by atoms with Crippen LogP contribution in [-0.4, -0.2) is 47.0 Å². The van der Waals surface area contributed by atoms with E-state index < -0.39 is 5.97 Å². The first kappa shape index (κ1) is 21.6. The van der Waals surface area contributed by atoms with Crippen LogP contribution in [0.15, 0.2) is 34.1 Å². The maximum absolute atomic E-state index is 12.7. The molecule has 0 spiro atoms. The molecule has 1 aromatic heterocycles. The van der Waals surface area contributed by atoms with Gasteiger partial charge in [-0.3, -0.25) is 9.36 Å². The number of hydrogen-bond acceptors (Lipinski definition) is 7. The van der Waals surface area contributed by atoms with Crippen LogP contribution in [0.25, 0.3) is 0 Å². The molecular formula is C22H25N3O5S. The Morgan fingerprint density at radius 2 is 2.06 bits per heavy atom. The summed E-state index contributed by atoms with van der Waals surface area (Å²) in [5.74, 6) is -0.483. The van der Waals surface area contributed by atoms with E-state index in [1.54, 1.807) is 28.8 Å². The normalized spacial score (nSPS) is 17.4. The van der Waals surface area contributed by atoms with E-state index >= 15 is 0 Å². The average Bonchev–Trinajstić information content (AvgIpc) is 3.46. The van der Waals surface area contributed by atoms with Crippen LogP contribution in [-0.2, 0) is 33.7 Å². The highest BCUT2D eigenvalue weighted by atomic mass is 32.2. The molecule has 0 radical (unpaired) electrons. The van der Waals surface area contributed by atoms with Gasteiger partial charge in [-0.05, 0) is 56.4 Å². The number of thioether (sulfide) groups is 1. The van der Waals surface area contributed by atoms with Crippen LogP contribution in [0, 0.1) is 0 Å². The molecule has 8 nitrogen and oxygen atoms in total. The summed E-state index contributed by atoms with van der Waals surface area (Å²) >= 11 is 1.29. The summed E-state index contributed by atoms with van der Waals surface area (Å²) in [6.45, 7) is 1.31. The molecule has 1 unspecified atom stereocenters. The average molecular weight is 444 g/mol. The molecule has 31 heavy (non-hydrogen) atoms. The van der Waals surface area contributed by atoms with E-state index in [0.29, 0.717) is 22.8 Å². The van der Waals surface area contributed by atoms with Crippen molar-refractivity contribution in [3.63, 3.8) is 0 Å². The Hall–Kier alpha value is -2.65. The molecule has 9 heteroatoms. The van der Waals surface area contributed by atoms with Gasteiger partial charge >= 0.3 is 11.7 Å². The fourth-order valence-corrected chi connectivity index (χ4v) is 4.90. The number of carbonyl (C=O) groups is 2. The van der Waals surface area contributed by atoms with E-state index in [-0.39, 0.29) is 23.5 Å². The number of fused-ring (bicyclic) bond motifs is 1. The van der Waals surface area contributed by atoms with Crippen molar-refractivity contribution < 1.29 is 19.1 Å². The van der Waals surface area contributed by atoms with Crippen LogP contribution >= 0.6 is 11.8 Å². The second-order valence-electron chi connectivity index (χ2n) is 7.63. The topological polar surface area (TPSA) is 99.5 Å². The predicted molar refractivity (Wildman–Crippen MR) is 117 cm³/mol. The number of anilines is 1. The van der Waals surface area contributed by atoms with Crippen molar-refractivity contribution in [2.24, 2.45) is 0 Å². The lowest BCUT2D eigenvalue weighted by Gasteiger charge is -2.17. The summed E-state index contributed by atoms with van der Waals surface area (Å²) in [4.78, 5) is 40.9. The van der Waals surface area contributed by atoms with Crippen molar-refractivity contribution in [3.8, 4) is 0 Å². The number of rotatable bonds is 7. The van der Waals surface area contributed by atoms with Crippen LogP contribution in [0.5, 0.6) is 0 Å². The summed E-state index contributed by atoms with van der Waals surface area (Å²) in [5, 5.41) is 3.45. The van der Waals surface area contributed by atoms with Crippen LogP contribution in [0.2, 0.25) is 0 Å². The highest BCUT2D eigenvalue weighted by molar-refractivity contribution is 8.00. The second kappa shape index (κ2) is 9.65. The van der Waals surface area contributed by atoms with Gasteiger partial charge in [0.25, 0.3) is 0 Å². The van der Waals surface area contributed by atoms with Crippen molar-refractivity contribution in [2.75, 3.05) is 24.8 Å². The first-order valence-corrected chi connectivity index (χ1v) is 11.4. The Morgan fingerprint density at radius 3 is 2.77 bits per heavy atom. The first-order valence-electron chi connectivity index (χ1n) is 10.4. The Bertz CT molecular complexity index is 1030. The first-order chi connectivity index (χ1) is 15.0. The molecule has 4 rings (SSSR count). The van der Waals surface area contributed by atoms with Gasteiger partial charge in [-0.1, -0.05) is 11.8 Å². The van der Waals surface area contributed by atoms with Crippen molar-refractivity contribution in [2.45, 2.75) is 49.8 Å². The van der Waals surface area contributed by atoms with Gasteiger partial charge in [0.1, 0.15) is 5.03 Å². The maximum atomic E-state index is 12.7. The van der Waals surface area contributed by atoms with Crippen LogP contribution in [0.1, 0.15) is 40.9 Å². The Labute approximate surface area is 184 Å². The Morgan fingerprint density at radius 1 is 1.26 bits per heavy atom. The lowest BCUT2D eigenvalue weighted by Crippen LogP contribution is -2.31. The zero-order chi connectivity index (χ0) is 21.8. The minimum atomic E-state index is -0.428. The second-order valence-corrected chi connectivity index (χ2v) is 8.59. The van der Waals surface area contributed by atoms with Crippen molar-refractivity contribution >= 4 is 29.3 Å². The van der Waals surface area contributed by atoms with E-state index in [1.165, 1.54) is 18.9 Å². The summed E-state index contributed by atoms with van der Waals surface area (Å²) in [7, 11) is 1.32. The molecule has 0 saturated carbocycles. The number of ether oxygens (including phenoxy) is 2. The predicted octanol–water partition coefficient (Wildman–Crippen LogP) is 2.43. The van der Waals surface area contributed by atoms with Gasteiger partial charge in [-0.25, -0.2) is 9.59 Å². The zero-order valence-electron chi connectivity index (χ0n) is 17.4. The lowest BCUT2D eigenvalue weighted by atomic mass is 10.2. The summed E-state index contributed by atoms with van der Waals surface area (Å²) in [5.41, 5.74) is 2.86. The highest BCUT2D eigenvalue weighted by Gasteiger charge is 2.25. The quantitative estimate of drug-likeness (QED) is 0.399. The lowest BCUT2D eigenvalue weighted by molar-refractivity contribution is -0.113. The number of nitrogens with one attached hydrogen (secondary N) is 1. The molecule has 1 aromatic carbocycles.